The Morgan fingerprint density at radius 2 is 2.24 bits per heavy atom. The summed E-state index contributed by atoms with van der Waals surface area (Å²) < 4.78 is 1.76. The number of benzene rings is 1. The van der Waals surface area contributed by atoms with Gasteiger partial charge in [0.15, 0.2) is 0 Å². The molecule has 0 aliphatic heterocycles. The number of nitro benzene ring substituents is 1. The summed E-state index contributed by atoms with van der Waals surface area (Å²) in [4.78, 5) is 10.6. The standard InChI is InChI=1S/C15H20N4O2/c1-4-6-14(16-15-10-18(3)17-11(15)2)12-7-5-8-13(9-12)19(20)21/h5,7-10,14,16H,4,6H2,1-3H3. The molecule has 1 atom stereocenters. The zero-order valence-corrected chi connectivity index (χ0v) is 12.5. The second kappa shape index (κ2) is 6.39. The summed E-state index contributed by atoms with van der Waals surface area (Å²) in [5.74, 6) is 0. The third-order valence-corrected chi connectivity index (χ3v) is 3.40. The number of aryl methyl sites for hydroxylation is 2. The Morgan fingerprint density at radius 1 is 1.48 bits per heavy atom. The van der Waals surface area contributed by atoms with Crippen LogP contribution < -0.4 is 5.32 Å². The number of nitrogens with zero attached hydrogens (tertiary/aromatic N) is 3. The van der Waals surface area contributed by atoms with Crippen molar-refractivity contribution >= 4 is 11.4 Å². The van der Waals surface area contributed by atoms with E-state index in [0.29, 0.717) is 0 Å². The first kappa shape index (κ1) is 15.0. The predicted molar refractivity (Wildman–Crippen MR) is 82.3 cm³/mol. The van der Waals surface area contributed by atoms with Crippen molar-refractivity contribution in [2.75, 3.05) is 5.32 Å². The molecule has 21 heavy (non-hydrogen) atoms. The Balaban J connectivity index is 2.28. The molecule has 0 saturated carbocycles. The molecule has 1 aromatic heterocycles. The van der Waals surface area contributed by atoms with Gasteiger partial charge in [-0.2, -0.15) is 5.10 Å². The van der Waals surface area contributed by atoms with E-state index in [1.165, 1.54) is 6.07 Å². The third-order valence-electron chi connectivity index (χ3n) is 3.40. The van der Waals surface area contributed by atoms with E-state index in [0.717, 1.165) is 29.8 Å². The molecule has 0 aliphatic rings. The molecule has 1 unspecified atom stereocenters. The van der Waals surface area contributed by atoms with Crippen molar-refractivity contribution in [2.24, 2.45) is 7.05 Å². The number of nitrogens with one attached hydrogen (secondary N) is 1. The highest BCUT2D eigenvalue weighted by Gasteiger charge is 2.16. The van der Waals surface area contributed by atoms with E-state index >= 15 is 0 Å². The molecule has 112 valence electrons. The van der Waals surface area contributed by atoms with Gasteiger partial charge in [0, 0.05) is 25.4 Å². The summed E-state index contributed by atoms with van der Waals surface area (Å²) in [6, 6.07) is 6.85. The Hall–Kier alpha value is -2.37. The van der Waals surface area contributed by atoms with E-state index in [1.54, 1.807) is 16.8 Å². The Kier molecular flexibility index (Phi) is 4.57. The first-order chi connectivity index (χ1) is 10.0. The predicted octanol–water partition coefficient (Wildman–Crippen LogP) is 3.59. The van der Waals surface area contributed by atoms with Crippen molar-refractivity contribution in [3.05, 3.63) is 51.8 Å². The molecule has 0 saturated heterocycles. The van der Waals surface area contributed by atoms with Crippen LogP contribution in [-0.2, 0) is 7.05 Å². The first-order valence-electron chi connectivity index (χ1n) is 7.02. The van der Waals surface area contributed by atoms with E-state index in [9.17, 15) is 10.1 Å². The van der Waals surface area contributed by atoms with E-state index in [4.69, 9.17) is 0 Å². The molecule has 1 aromatic carbocycles. The molecular weight excluding hydrogens is 268 g/mol. The lowest BCUT2D eigenvalue weighted by Crippen LogP contribution is -2.11. The van der Waals surface area contributed by atoms with Crippen molar-refractivity contribution in [1.82, 2.24) is 9.78 Å². The molecule has 2 rings (SSSR count). The highest BCUT2D eigenvalue weighted by molar-refractivity contribution is 5.48. The van der Waals surface area contributed by atoms with Crippen molar-refractivity contribution in [3.63, 3.8) is 0 Å². The average molecular weight is 288 g/mol. The third kappa shape index (κ3) is 3.59. The molecule has 2 aromatic rings. The number of aromatic nitrogens is 2. The lowest BCUT2D eigenvalue weighted by molar-refractivity contribution is -0.384. The van der Waals surface area contributed by atoms with Gasteiger partial charge in [-0.15, -0.1) is 0 Å². The molecule has 6 heteroatoms. The van der Waals surface area contributed by atoms with Crippen LogP contribution >= 0.6 is 0 Å². The largest absolute Gasteiger partial charge is 0.375 e. The van der Waals surface area contributed by atoms with Crippen LogP contribution in [0.1, 0.15) is 37.1 Å². The average Bonchev–Trinajstić information content (AvgIpc) is 2.76. The maximum Gasteiger partial charge on any atom is 0.269 e. The monoisotopic (exact) mass is 288 g/mol. The Labute approximate surface area is 123 Å². The topological polar surface area (TPSA) is 73.0 Å². The van der Waals surface area contributed by atoms with Gasteiger partial charge in [0.2, 0.25) is 0 Å². The van der Waals surface area contributed by atoms with Crippen molar-refractivity contribution < 1.29 is 4.92 Å². The molecule has 0 fully saturated rings. The summed E-state index contributed by atoms with van der Waals surface area (Å²) in [6.07, 6.45) is 3.81. The maximum atomic E-state index is 10.9. The van der Waals surface area contributed by atoms with Gasteiger partial charge in [-0.1, -0.05) is 25.5 Å². The molecule has 0 bridgehead atoms. The van der Waals surface area contributed by atoms with Gasteiger partial charge in [-0.25, -0.2) is 0 Å². The number of anilines is 1. The second-order valence-electron chi connectivity index (χ2n) is 5.14. The summed E-state index contributed by atoms with van der Waals surface area (Å²) >= 11 is 0. The number of hydrogen-bond acceptors (Lipinski definition) is 4. The van der Waals surface area contributed by atoms with Crippen LogP contribution in [0.15, 0.2) is 30.5 Å². The van der Waals surface area contributed by atoms with Crippen LogP contribution in [0.3, 0.4) is 0 Å². The maximum absolute atomic E-state index is 10.9. The van der Waals surface area contributed by atoms with Crippen LogP contribution in [0.5, 0.6) is 0 Å². The minimum atomic E-state index is -0.359. The molecule has 1 N–H and O–H groups in total. The quantitative estimate of drug-likeness (QED) is 0.651. The van der Waals surface area contributed by atoms with E-state index in [-0.39, 0.29) is 16.7 Å². The van der Waals surface area contributed by atoms with Gasteiger partial charge in [0.25, 0.3) is 5.69 Å². The molecule has 0 amide bonds. The Bertz CT molecular complexity index is 636. The fourth-order valence-corrected chi connectivity index (χ4v) is 2.39. The zero-order valence-electron chi connectivity index (χ0n) is 12.5. The van der Waals surface area contributed by atoms with E-state index in [1.807, 2.05) is 26.2 Å². The minimum Gasteiger partial charge on any atom is -0.375 e. The number of nitro groups is 1. The van der Waals surface area contributed by atoms with Crippen LogP contribution in [0, 0.1) is 17.0 Å². The second-order valence-corrected chi connectivity index (χ2v) is 5.14. The lowest BCUT2D eigenvalue weighted by atomic mass is 10.0. The van der Waals surface area contributed by atoms with Gasteiger partial charge in [-0.3, -0.25) is 14.8 Å². The Morgan fingerprint density at radius 3 is 2.81 bits per heavy atom. The molecule has 1 heterocycles. The van der Waals surface area contributed by atoms with Gasteiger partial charge in [0.1, 0.15) is 0 Å². The lowest BCUT2D eigenvalue weighted by Gasteiger charge is -2.19. The highest BCUT2D eigenvalue weighted by Crippen LogP contribution is 2.27. The van der Waals surface area contributed by atoms with Gasteiger partial charge in [0.05, 0.1) is 22.3 Å². The zero-order chi connectivity index (χ0) is 15.4. The van der Waals surface area contributed by atoms with Crippen LogP contribution in [-0.4, -0.2) is 14.7 Å². The van der Waals surface area contributed by atoms with Crippen molar-refractivity contribution in [3.8, 4) is 0 Å². The van der Waals surface area contributed by atoms with Gasteiger partial charge >= 0.3 is 0 Å². The number of hydrogen-bond donors (Lipinski definition) is 1. The first-order valence-corrected chi connectivity index (χ1v) is 7.02. The van der Waals surface area contributed by atoms with E-state index < -0.39 is 0 Å². The normalized spacial score (nSPS) is 12.1. The number of rotatable bonds is 6. The van der Waals surface area contributed by atoms with Gasteiger partial charge in [-0.05, 0) is 18.9 Å². The fourth-order valence-electron chi connectivity index (χ4n) is 2.39. The van der Waals surface area contributed by atoms with Crippen LogP contribution in [0.4, 0.5) is 11.4 Å². The molecular formula is C15H20N4O2. The fraction of sp³-hybridized carbons (Fsp3) is 0.400. The number of non-ortho nitro benzene ring substituents is 1. The van der Waals surface area contributed by atoms with Crippen LogP contribution in [0.2, 0.25) is 0 Å². The minimum absolute atomic E-state index is 0.0396. The SMILES string of the molecule is CCCC(Nc1cn(C)nc1C)c1cccc([N+](=O)[O-])c1. The summed E-state index contributed by atoms with van der Waals surface area (Å²) in [5.41, 5.74) is 2.93. The molecule has 0 spiro atoms. The molecule has 0 radical (unpaired) electrons. The highest BCUT2D eigenvalue weighted by atomic mass is 16.6. The molecule has 6 nitrogen and oxygen atoms in total. The smallest absolute Gasteiger partial charge is 0.269 e. The van der Waals surface area contributed by atoms with Crippen molar-refractivity contribution in [1.29, 1.82) is 0 Å². The van der Waals surface area contributed by atoms with Crippen LogP contribution in [0.25, 0.3) is 0 Å². The summed E-state index contributed by atoms with van der Waals surface area (Å²) in [6.45, 7) is 4.04. The summed E-state index contributed by atoms with van der Waals surface area (Å²) in [5, 5.41) is 18.7. The summed E-state index contributed by atoms with van der Waals surface area (Å²) in [7, 11) is 1.88. The van der Waals surface area contributed by atoms with Gasteiger partial charge < -0.3 is 5.32 Å². The molecule has 0 aliphatic carbocycles. The van der Waals surface area contributed by atoms with Crippen molar-refractivity contribution in [2.45, 2.75) is 32.7 Å². The van der Waals surface area contributed by atoms with E-state index in [2.05, 4.69) is 17.3 Å².